The fraction of sp³-hybridized carbons (Fsp3) is 0.400. The zero-order chi connectivity index (χ0) is 13.5. The highest BCUT2D eigenvalue weighted by atomic mass is 16.1. The van der Waals surface area contributed by atoms with Crippen LogP contribution in [0.4, 0.5) is 0 Å². The van der Waals surface area contributed by atoms with Crippen molar-refractivity contribution in [1.29, 1.82) is 0 Å². The molecule has 2 rings (SSSR count). The molecule has 1 aromatic rings. The number of benzene rings is 1. The van der Waals surface area contributed by atoms with Crippen LogP contribution in [-0.4, -0.2) is 11.4 Å². The molecule has 0 unspecified atom stereocenters. The summed E-state index contributed by atoms with van der Waals surface area (Å²) in [4.78, 5) is 11.1. The monoisotopic (exact) mass is 244 g/mol. The molecule has 1 aromatic carbocycles. The predicted molar refractivity (Wildman–Crippen MR) is 74.0 cm³/mol. The third-order valence-corrected chi connectivity index (χ3v) is 3.40. The molecule has 18 heavy (non-hydrogen) atoms. The number of nitrogens with two attached hydrogens (primary N) is 1. The van der Waals surface area contributed by atoms with E-state index in [1.165, 1.54) is 22.8 Å². The standard InChI is InChI=1S/C15H20N2O/c1-9-5-11-8-15(3,4)17-13(7-14(16)18)12(11)6-10(9)2/h5-7,17H,8H2,1-4H3,(H2,16,18)/b13-7+. The van der Waals surface area contributed by atoms with Crippen LogP contribution >= 0.6 is 0 Å². The molecule has 0 aromatic heterocycles. The van der Waals surface area contributed by atoms with Crippen LogP contribution in [0.1, 0.15) is 36.1 Å². The number of carbonyl (C=O) groups is 1. The molecule has 0 saturated heterocycles. The number of aryl methyl sites for hydroxylation is 2. The van der Waals surface area contributed by atoms with Crippen LogP contribution in [-0.2, 0) is 11.2 Å². The molecule has 0 atom stereocenters. The Balaban J connectivity index is 2.61. The Hall–Kier alpha value is -1.77. The lowest BCUT2D eigenvalue weighted by Gasteiger charge is -2.36. The minimum Gasteiger partial charge on any atom is -0.379 e. The molecule has 0 aliphatic carbocycles. The highest BCUT2D eigenvalue weighted by Gasteiger charge is 2.28. The minimum absolute atomic E-state index is 0.0595. The number of fused-ring (bicyclic) bond motifs is 1. The van der Waals surface area contributed by atoms with E-state index in [0.717, 1.165) is 17.7 Å². The summed E-state index contributed by atoms with van der Waals surface area (Å²) in [5, 5.41) is 3.39. The smallest absolute Gasteiger partial charge is 0.243 e. The third-order valence-electron chi connectivity index (χ3n) is 3.40. The van der Waals surface area contributed by atoms with Crippen molar-refractivity contribution in [1.82, 2.24) is 5.32 Å². The Morgan fingerprint density at radius 3 is 2.56 bits per heavy atom. The van der Waals surface area contributed by atoms with Crippen molar-refractivity contribution < 1.29 is 4.79 Å². The van der Waals surface area contributed by atoms with Crippen molar-refractivity contribution in [2.24, 2.45) is 5.73 Å². The van der Waals surface area contributed by atoms with Gasteiger partial charge in [-0.15, -0.1) is 0 Å². The second-order valence-electron chi connectivity index (χ2n) is 5.74. The molecule has 96 valence electrons. The molecule has 3 nitrogen and oxygen atoms in total. The fourth-order valence-corrected chi connectivity index (χ4v) is 2.48. The Morgan fingerprint density at radius 2 is 1.94 bits per heavy atom. The van der Waals surface area contributed by atoms with Gasteiger partial charge in [0.1, 0.15) is 0 Å². The van der Waals surface area contributed by atoms with Gasteiger partial charge in [0, 0.05) is 22.9 Å². The SMILES string of the molecule is Cc1cc2c(cc1C)/C(=C\C(N)=O)NC(C)(C)C2. The van der Waals surface area contributed by atoms with Gasteiger partial charge >= 0.3 is 0 Å². The summed E-state index contributed by atoms with van der Waals surface area (Å²) >= 11 is 0. The lowest BCUT2D eigenvalue weighted by molar-refractivity contribution is -0.113. The first-order valence-corrected chi connectivity index (χ1v) is 6.18. The molecule has 1 amide bonds. The lowest BCUT2D eigenvalue weighted by Crippen LogP contribution is -2.44. The average molecular weight is 244 g/mol. The van der Waals surface area contributed by atoms with Crippen LogP contribution in [0.3, 0.4) is 0 Å². The number of hydrogen-bond acceptors (Lipinski definition) is 2. The number of amides is 1. The number of primary amides is 1. The topological polar surface area (TPSA) is 55.1 Å². The lowest BCUT2D eigenvalue weighted by atomic mass is 9.84. The summed E-state index contributed by atoms with van der Waals surface area (Å²) in [6, 6.07) is 4.34. The van der Waals surface area contributed by atoms with E-state index >= 15 is 0 Å². The summed E-state index contributed by atoms with van der Waals surface area (Å²) < 4.78 is 0. The van der Waals surface area contributed by atoms with Crippen molar-refractivity contribution in [2.45, 2.75) is 39.7 Å². The summed E-state index contributed by atoms with van der Waals surface area (Å²) in [6.45, 7) is 8.44. The molecule has 1 aliphatic rings. The van der Waals surface area contributed by atoms with E-state index in [1.807, 2.05) is 0 Å². The Morgan fingerprint density at radius 1 is 1.33 bits per heavy atom. The maximum absolute atomic E-state index is 11.1. The first-order chi connectivity index (χ1) is 8.28. The number of nitrogens with one attached hydrogen (secondary N) is 1. The van der Waals surface area contributed by atoms with E-state index in [1.54, 1.807) is 0 Å². The van der Waals surface area contributed by atoms with Crippen LogP contribution in [0.15, 0.2) is 18.2 Å². The molecule has 0 radical (unpaired) electrons. The van der Waals surface area contributed by atoms with Crippen molar-refractivity contribution in [3.63, 3.8) is 0 Å². The highest BCUT2D eigenvalue weighted by molar-refractivity contribution is 5.94. The summed E-state index contributed by atoms with van der Waals surface area (Å²) in [5.74, 6) is -0.417. The van der Waals surface area contributed by atoms with Gasteiger partial charge in [-0.1, -0.05) is 6.07 Å². The Bertz CT molecular complexity index is 542. The van der Waals surface area contributed by atoms with E-state index < -0.39 is 5.91 Å². The molecule has 0 bridgehead atoms. The van der Waals surface area contributed by atoms with Gasteiger partial charge in [0.2, 0.25) is 5.91 Å². The largest absolute Gasteiger partial charge is 0.379 e. The zero-order valence-corrected chi connectivity index (χ0v) is 11.4. The zero-order valence-electron chi connectivity index (χ0n) is 11.4. The minimum atomic E-state index is -0.417. The molecule has 3 N–H and O–H groups in total. The Labute approximate surface area is 108 Å². The van der Waals surface area contributed by atoms with Gasteiger partial charge in [-0.3, -0.25) is 4.79 Å². The van der Waals surface area contributed by atoms with Crippen molar-refractivity contribution in [3.05, 3.63) is 40.5 Å². The van der Waals surface area contributed by atoms with E-state index in [0.29, 0.717) is 0 Å². The molecular weight excluding hydrogens is 224 g/mol. The summed E-state index contributed by atoms with van der Waals surface area (Å²) in [7, 11) is 0. The van der Waals surface area contributed by atoms with Gasteiger partial charge < -0.3 is 11.1 Å². The fourth-order valence-electron chi connectivity index (χ4n) is 2.48. The first kappa shape index (κ1) is 12.7. The summed E-state index contributed by atoms with van der Waals surface area (Å²) in [6.07, 6.45) is 2.42. The van der Waals surface area contributed by atoms with Gasteiger partial charge in [0.25, 0.3) is 0 Å². The summed E-state index contributed by atoms with van der Waals surface area (Å²) in [5.41, 5.74) is 10.9. The van der Waals surface area contributed by atoms with Crippen LogP contribution in [0.25, 0.3) is 5.70 Å². The molecule has 0 spiro atoms. The van der Waals surface area contributed by atoms with Crippen LogP contribution in [0, 0.1) is 13.8 Å². The van der Waals surface area contributed by atoms with Gasteiger partial charge in [0.15, 0.2) is 0 Å². The molecule has 0 fully saturated rings. The number of hydrogen-bond donors (Lipinski definition) is 2. The maximum Gasteiger partial charge on any atom is 0.243 e. The maximum atomic E-state index is 11.1. The van der Waals surface area contributed by atoms with Gasteiger partial charge in [-0.05, 0) is 56.9 Å². The van der Waals surface area contributed by atoms with E-state index in [-0.39, 0.29) is 5.54 Å². The average Bonchev–Trinajstić information content (AvgIpc) is 2.19. The van der Waals surface area contributed by atoms with E-state index in [9.17, 15) is 4.79 Å². The molecule has 3 heteroatoms. The van der Waals surface area contributed by atoms with Crippen molar-refractivity contribution in [2.75, 3.05) is 0 Å². The number of rotatable bonds is 1. The van der Waals surface area contributed by atoms with E-state index in [2.05, 4.69) is 45.1 Å². The number of carbonyl (C=O) groups excluding carboxylic acids is 1. The van der Waals surface area contributed by atoms with Gasteiger partial charge in [0.05, 0.1) is 0 Å². The van der Waals surface area contributed by atoms with Crippen LogP contribution in [0.2, 0.25) is 0 Å². The van der Waals surface area contributed by atoms with Crippen molar-refractivity contribution in [3.8, 4) is 0 Å². The Kier molecular flexibility index (Phi) is 2.93. The molecule has 1 aliphatic heterocycles. The third kappa shape index (κ3) is 2.40. The second kappa shape index (κ2) is 4.16. The molecule has 0 saturated carbocycles. The second-order valence-corrected chi connectivity index (χ2v) is 5.74. The van der Waals surface area contributed by atoms with Crippen LogP contribution < -0.4 is 11.1 Å². The first-order valence-electron chi connectivity index (χ1n) is 6.18. The van der Waals surface area contributed by atoms with Gasteiger partial charge in [-0.25, -0.2) is 0 Å². The highest BCUT2D eigenvalue weighted by Crippen LogP contribution is 2.31. The normalized spacial score (nSPS) is 19.2. The molecular formula is C15H20N2O. The van der Waals surface area contributed by atoms with Crippen molar-refractivity contribution >= 4 is 11.6 Å². The van der Waals surface area contributed by atoms with Gasteiger partial charge in [-0.2, -0.15) is 0 Å². The predicted octanol–water partition coefficient (Wildman–Crippen LogP) is 2.05. The quantitative estimate of drug-likeness (QED) is 0.743. The van der Waals surface area contributed by atoms with Crippen LogP contribution in [0.5, 0.6) is 0 Å². The van der Waals surface area contributed by atoms with E-state index in [4.69, 9.17) is 5.73 Å². The molecule has 1 heterocycles.